The van der Waals surface area contributed by atoms with Gasteiger partial charge in [-0.3, -0.25) is 4.98 Å². The topological polar surface area (TPSA) is 12.9 Å². The van der Waals surface area contributed by atoms with E-state index in [4.69, 9.17) is 1.37 Å². The monoisotopic (exact) mass is 398 g/mol. The SMILES string of the molecule is [2H]C(C)(C)c1ccnc(-c2cccc3c2sc2cc(-c4ccc(F)cc4)ccc23)c1. The second kappa shape index (κ2) is 7.09. The summed E-state index contributed by atoms with van der Waals surface area (Å²) in [6.07, 6.45) is 1.79. The van der Waals surface area contributed by atoms with Gasteiger partial charge in [-0.1, -0.05) is 56.3 Å². The molecule has 1 nitrogen and oxygen atoms in total. The summed E-state index contributed by atoms with van der Waals surface area (Å²) < 4.78 is 24.0. The van der Waals surface area contributed by atoms with Crippen molar-refractivity contribution < 1.29 is 5.76 Å². The maximum atomic E-state index is 13.3. The fourth-order valence-electron chi connectivity index (χ4n) is 3.71. The van der Waals surface area contributed by atoms with Gasteiger partial charge in [0.25, 0.3) is 0 Å². The molecule has 0 radical (unpaired) electrons. The van der Waals surface area contributed by atoms with Gasteiger partial charge in [0, 0.05) is 33.3 Å². The highest BCUT2D eigenvalue weighted by atomic mass is 32.1. The second-order valence-corrected chi connectivity index (χ2v) is 8.48. The summed E-state index contributed by atoms with van der Waals surface area (Å²) in [6.45, 7) is 3.78. The Bertz CT molecular complexity index is 1380. The van der Waals surface area contributed by atoms with E-state index in [1.807, 2.05) is 38.1 Å². The predicted octanol–water partition coefficient (Wildman–Crippen LogP) is 8.05. The molecule has 0 spiro atoms. The number of rotatable bonds is 3. The summed E-state index contributed by atoms with van der Waals surface area (Å²) in [5, 5.41) is 2.41. The fraction of sp³-hybridized carbons (Fsp3) is 0.115. The zero-order valence-corrected chi connectivity index (χ0v) is 17.1. The van der Waals surface area contributed by atoms with E-state index in [-0.39, 0.29) is 5.82 Å². The minimum Gasteiger partial charge on any atom is -0.256 e. The molecule has 0 aliphatic heterocycles. The summed E-state index contributed by atoms with van der Waals surface area (Å²) in [7, 11) is 0. The number of hydrogen-bond donors (Lipinski definition) is 0. The first-order valence-electron chi connectivity index (χ1n) is 10.1. The van der Waals surface area contributed by atoms with Gasteiger partial charge < -0.3 is 0 Å². The first-order valence-corrected chi connectivity index (χ1v) is 10.4. The molecule has 0 N–H and O–H groups in total. The number of pyridine rings is 1. The lowest BCUT2D eigenvalue weighted by Crippen LogP contribution is -1.90. The van der Waals surface area contributed by atoms with Crippen LogP contribution in [-0.2, 0) is 0 Å². The van der Waals surface area contributed by atoms with Crippen LogP contribution < -0.4 is 0 Å². The van der Waals surface area contributed by atoms with Crippen molar-refractivity contribution >= 4 is 31.5 Å². The fourth-order valence-corrected chi connectivity index (χ4v) is 4.98. The third-order valence-electron chi connectivity index (χ3n) is 5.29. The molecule has 3 aromatic carbocycles. The zero-order chi connectivity index (χ0) is 20.9. The van der Waals surface area contributed by atoms with Gasteiger partial charge in [-0.25, -0.2) is 4.39 Å². The van der Waals surface area contributed by atoms with Crippen LogP contribution in [0.15, 0.2) is 79.0 Å². The Kier molecular flexibility index (Phi) is 4.12. The quantitative estimate of drug-likeness (QED) is 0.300. The van der Waals surface area contributed by atoms with Crippen LogP contribution in [0.5, 0.6) is 0 Å². The Hall–Kier alpha value is -3.04. The molecule has 5 rings (SSSR count). The van der Waals surface area contributed by atoms with E-state index in [0.717, 1.165) is 27.9 Å². The summed E-state index contributed by atoms with van der Waals surface area (Å²) in [4.78, 5) is 4.60. The molecule has 0 fully saturated rings. The molecule has 0 saturated heterocycles. The average molecular weight is 399 g/mol. The minimum absolute atomic E-state index is 0.225. The van der Waals surface area contributed by atoms with Gasteiger partial charge in [0.1, 0.15) is 5.82 Å². The van der Waals surface area contributed by atoms with Crippen LogP contribution >= 0.6 is 11.3 Å². The van der Waals surface area contributed by atoms with E-state index in [1.165, 1.54) is 32.3 Å². The number of hydrogen-bond acceptors (Lipinski definition) is 2. The van der Waals surface area contributed by atoms with Crippen LogP contribution in [0.3, 0.4) is 0 Å². The number of fused-ring (bicyclic) bond motifs is 3. The number of aromatic nitrogens is 1. The van der Waals surface area contributed by atoms with Crippen molar-refractivity contribution in [3.05, 3.63) is 90.4 Å². The molecule has 0 aliphatic carbocycles. The van der Waals surface area contributed by atoms with Crippen molar-refractivity contribution in [1.29, 1.82) is 0 Å². The van der Waals surface area contributed by atoms with Crippen molar-refractivity contribution in [1.82, 2.24) is 4.98 Å². The van der Waals surface area contributed by atoms with E-state index >= 15 is 0 Å². The molecule has 2 aromatic heterocycles. The zero-order valence-electron chi connectivity index (χ0n) is 17.2. The van der Waals surface area contributed by atoms with Crippen LogP contribution in [0.1, 0.15) is 26.7 Å². The molecule has 0 unspecified atom stereocenters. The average Bonchev–Trinajstić information content (AvgIpc) is 3.11. The molecule has 0 amide bonds. The first kappa shape index (κ1) is 16.9. The Balaban J connectivity index is 1.68. The summed E-state index contributed by atoms with van der Waals surface area (Å²) in [6, 6.07) is 23.3. The maximum absolute atomic E-state index is 13.3. The van der Waals surface area contributed by atoms with Gasteiger partial charge >= 0.3 is 0 Å². The predicted molar refractivity (Wildman–Crippen MR) is 122 cm³/mol. The number of thiophene rings is 1. The van der Waals surface area contributed by atoms with Crippen molar-refractivity contribution in [2.24, 2.45) is 0 Å². The van der Waals surface area contributed by atoms with Crippen LogP contribution in [0.4, 0.5) is 4.39 Å². The Morgan fingerprint density at radius 2 is 1.69 bits per heavy atom. The van der Waals surface area contributed by atoms with E-state index in [2.05, 4.69) is 41.4 Å². The summed E-state index contributed by atoms with van der Waals surface area (Å²) >= 11 is 1.75. The first-order chi connectivity index (χ1) is 14.4. The van der Waals surface area contributed by atoms with Crippen LogP contribution in [-0.4, -0.2) is 4.98 Å². The minimum atomic E-state index is -0.671. The summed E-state index contributed by atoms with van der Waals surface area (Å²) in [5.74, 6) is -0.896. The molecule has 29 heavy (non-hydrogen) atoms. The lowest BCUT2D eigenvalue weighted by molar-refractivity contribution is 0.628. The van der Waals surface area contributed by atoms with Crippen molar-refractivity contribution in [3.63, 3.8) is 0 Å². The Morgan fingerprint density at radius 3 is 2.48 bits per heavy atom. The molecule has 3 heteroatoms. The largest absolute Gasteiger partial charge is 0.256 e. The Morgan fingerprint density at radius 1 is 0.897 bits per heavy atom. The van der Waals surface area contributed by atoms with Crippen molar-refractivity contribution in [3.8, 4) is 22.4 Å². The van der Waals surface area contributed by atoms with Gasteiger partial charge in [0.05, 0.1) is 5.69 Å². The van der Waals surface area contributed by atoms with E-state index in [0.29, 0.717) is 0 Å². The lowest BCUT2D eigenvalue weighted by Gasteiger charge is -2.08. The molecule has 0 bridgehead atoms. The molecule has 142 valence electrons. The molecular weight excluding hydrogens is 377 g/mol. The molecule has 2 heterocycles. The third-order valence-corrected chi connectivity index (χ3v) is 6.49. The maximum Gasteiger partial charge on any atom is 0.123 e. The van der Waals surface area contributed by atoms with Gasteiger partial charge in [-0.2, -0.15) is 0 Å². The molecule has 0 saturated carbocycles. The van der Waals surface area contributed by atoms with Crippen LogP contribution in [0, 0.1) is 5.82 Å². The number of nitrogens with zero attached hydrogens (tertiary/aromatic N) is 1. The van der Waals surface area contributed by atoms with E-state index < -0.39 is 5.89 Å². The normalized spacial score (nSPS) is 12.4. The molecule has 0 aliphatic rings. The molecule has 0 atom stereocenters. The van der Waals surface area contributed by atoms with E-state index in [9.17, 15) is 4.39 Å². The van der Waals surface area contributed by atoms with Gasteiger partial charge in [-0.15, -0.1) is 11.3 Å². The third kappa shape index (κ3) is 3.22. The smallest absolute Gasteiger partial charge is 0.123 e. The number of benzene rings is 3. The molecular formula is C26H20FNS. The van der Waals surface area contributed by atoms with Crippen LogP contribution in [0.2, 0.25) is 0 Å². The van der Waals surface area contributed by atoms with Gasteiger partial charge in [0.15, 0.2) is 0 Å². The highest BCUT2D eigenvalue weighted by molar-refractivity contribution is 7.26. The standard InChI is InChI=1S/C26H20FNS/c1-16(2)18-12-13-28-24(14-18)23-5-3-4-22-21-11-8-19(15-25(21)29-26(22)23)17-6-9-20(27)10-7-17/h3-16H,1-2H3/i16D. The van der Waals surface area contributed by atoms with E-state index in [1.54, 1.807) is 17.5 Å². The van der Waals surface area contributed by atoms with Crippen LogP contribution in [0.25, 0.3) is 42.6 Å². The highest BCUT2D eigenvalue weighted by Gasteiger charge is 2.13. The van der Waals surface area contributed by atoms with Crippen molar-refractivity contribution in [2.75, 3.05) is 0 Å². The second-order valence-electron chi connectivity index (χ2n) is 7.43. The highest BCUT2D eigenvalue weighted by Crippen LogP contribution is 2.41. The lowest BCUT2D eigenvalue weighted by atomic mass is 10.00. The summed E-state index contributed by atoms with van der Waals surface area (Å²) in [5.41, 5.74) is 5.01. The van der Waals surface area contributed by atoms with Gasteiger partial charge in [0.2, 0.25) is 0 Å². The van der Waals surface area contributed by atoms with Crippen molar-refractivity contribution in [2.45, 2.75) is 19.7 Å². The van der Waals surface area contributed by atoms with Gasteiger partial charge in [-0.05, 0) is 52.9 Å². The molecule has 5 aromatic rings. The number of halogens is 1. The Labute approximate surface area is 174 Å².